The molecule has 0 bridgehead atoms. The first-order valence-electron chi connectivity index (χ1n) is 8.51. The van der Waals surface area contributed by atoms with Gasteiger partial charge >= 0.3 is 0 Å². The zero-order valence-corrected chi connectivity index (χ0v) is 14.3. The van der Waals surface area contributed by atoms with Crippen LogP contribution >= 0.6 is 0 Å². The van der Waals surface area contributed by atoms with Crippen molar-refractivity contribution in [2.45, 2.75) is 24.8 Å². The van der Waals surface area contributed by atoms with Crippen LogP contribution < -0.4 is 10.6 Å². The molecule has 1 fully saturated rings. The topological polar surface area (TPSA) is 80.6 Å². The van der Waals surface area contributed by atoms with Crippen molar-refractivity contribution in [1.82, 2.24) is 10.6 Å². The number of furan rings is 1. The van der Waals surface area contributed by atoms with Gasteiger partial charge in [-0.2, -0.15) is 0 Å². The molecule has 1 aliphatic heterocycles. The Morgan fingerprint density at radius 3 is 2.46 bits per heavy atom. The quantitative estimate of drug-likeness (QED) is 0.825. The minimum absolute atomic E-state index is 0.136. The first-order valence-corrected chi connectivity index (χ1v) is 8.51. The number of benzene rings is 1. The molecule has 138 valence electrons. The lowest BCUT2D eigenvalue weighted by molar-refractivity contribution is -0.132. The number of hydrogen-bond acceptors (Lipinski definition) is 4. The summed E-state index contributed by atoms with van der Waals surface area (Å²) >= 11 is 0. The molecule has 3 rings (SSSR count). The van der Waals surface area contributed by atoms with Gasteiger partial charge in [0.2, 0.25) is 11.8 Å². The maximum Gasteiger partial charge on any atom is 0.239 e. The normalized spacial score (nSPS) is 16.0. The predicted octanol–water partition coefficient (Wildman–Crippen LogP) is 1.90. The molecule has 2 aromatic rings. The number of carbonyl (C=O) groups excluding carboxylic acids is 2. The van der Waals surface area contributed by atoms with Crippen LogP contribution in [0.3, 0.4) is 0 Å². The minimum Gasteiger partial charge on any atom is -0.467 e. The Labute approximate surface area is 150 Å². The molecular formula is C19H21FN2O4. The highest BCUT2D eigenvalue weighted by Gasteiger charge is 2.41. The van der Waals surface area contributed by atoms with Gasteiger partial charge in [0.05, 0.1) is 24.8 Å². The zero-order valence-electron chi connectivity index (χ0n) is 14.3. The van der Waals surface area contributed by atoms with E-state index in [2.05, 4.69) is 10.6 Å². The Bertz CT molecular complexity index is 737. The van der Waals surface area contributed by atoms with E-state index in [9.17, 15) is 14.0 Å². The molecule has 1 aliphatic rings. The Hall–Kier alpha value is -2.67. The van der Waals surface area contributed by atoms with Crippen LogP contribution in [0.2, 0.25) is 0 Å². The van der Waals surface area contributed by atoms with Crippen LogP contribution in [0.5, 0.6) is 0 Å². The molecule has 0 radical (unpaired) electrons. The van der Waals surface area contributed by atoms with Crippen molar-refractivity contribution >= 4 is 11.8 Å². The molecule has 1 aromatic heterocycles. The van der Waals surface area contributed by atoms with E-state index in [1.807, 2.05) is 0 Å². The monoisotopic (exact) mass is 360 g/mol. The molecule has 2 N–H and O–H groups in total. The molecule has 0 aliphatic carbocycles. The van der Waals surface area contributed by atoms with Crippen LogP contribution in [0.25, 0.3) is 0 Å². The highest BCUT2D eigenvalue weighted by Crippen LogP contribution is 2.35. The zero-order chi connectivity index (χ0) is 18.4. The van der Waals surface area contributed by atoms with Gasteiger partial charge in [0.15, 0.2) is 0 Å². The fourth-order valence-electron chi connectivity index (χ4n) is 3.13. The van der Waals surface area contributed by atoms with Gasteiger partial charge in [-0.15, -0.1) is 0 Å². The van der Waals surface area contributed by atoms with E-state index < -0.39 is 5.41 Å². The molecule has 1 saturated heterocycles. The number of halogens is 1. The highest BCUT2D eigenvalue weighted by molar-refractivity contribution is 5.91. The summed E-state index contributed by atoms with van der Waals surface area (Å²) in [6.07, 6.45) is 2.50. The van der Waals surface area contributed by atoms with E-state index in [0.717, 1.165) is 5.56 Å². The fourth-order valence-corrected chi connectivity index (χ4v) is 3.13. The molecule has 2 amide bonds. The van der Waals surface area contributed by atoms with Crippen molar-refractivity contribution < 1.29 is 23.1 Å². The summed E-state index contributed by atoms with van der Waals surface area (Å²) in [6, 6.07) is 9.42. The summed E-state index contributed by atoms with van der Waals surface area (Å²) in [5, 5.41) is 5.39. The van der Waals surface area contributed by atoms with Gasteiger partial charge in [0.1, 0.15) is 11.6 Å². The van der Waals surface area contributed by atoms with Crippen LogP contribution in [0.1, 0.15) is 24.2 Å². The maximum absolute atomic E-state index is 13.2. The van der Waals surface area contributed by atoms with Crippen molar-refractivity contribution in [3.05, 3.63) is 59.8 Å². The summed E-state index contributed by atoms with van der Waals surface area (Å²) < 4.78 is 23.8. The summed E-state index contributed by atoms with van der Waals surface area (Å²) in [5.41, 5.74) is -0.0801. The van der Waals surface area contributed by atoms with E-state index in [-0.39, 0.29) is 30.7 Å². The van der Waals surface area contributed by atoms with Crippen molar-refractivity contribution in [1.29, 1.82) is 0 Å². The molecule has 7 heteroatoms. The Morgan fingerprint density at radius 2 is 1.81 bits per heavy atom. The van der Waals surface area contributed by atoms with Crippen molar-refractivity contribution in [2.75, 3.05) is 19.8 Å². The number of nitrogens with one attached hydrogen (secondary N) is 2. The molecule has 6 nitrogen and oxygen atoms in total. The first kappa shape index (κ1) is 18.1. The lowest BCUT2D eigenvalue weighted by Crippen LogP contribution is -2.50. The van der Waals surface area contributed by atoms with E-state index in [0.29, 0.717) is 31.8 Å². The molecule has 0 spiro atoms. The van der Waals surface area contributed by atoms with E-state index >= 15 is 0 Å². The maximum atomic E-state index is 13.2. The van der Waals surface area contributed by atoms with Crippen molar-refractivity contribution in [3.63, 3.8) is 0 Å². The molecule has 2 heterocycles. The molecule has 26 heavy (non-hydrogen) atoms. The SMILES string of the molecule is O=C(CNC(=O)C1(c2ccc(F)cc2)CCOCC1)NCc1ccco1. The second-order valence-corrected chi connectivity index (χ2v) is 6.24. The molecule has 1 aromatic carbocycles. The molecule has 0 unspecified atom stereocenters. The Morgan fingerprint density at radius 1 is 1.08 bits per heavy atom. The van der Waals surface area contributed by atoms with Crippen molar-refractivity contribution in [3.8, 4) is 0 Å². The van der Waals surface area contributed by atoms with Crippen LogP contribution in [-0.4, -0.2) is 31.6 Å². The van der Waals surface area contributed by atoms with Gasteiger partial charge in [-0.1, -0.05) is 12.1 Å². The molecular weight excluding hydrogens is 339 g/mol. The van der Waals surface area contributed by atoms with Gasteiger partial charge in [0.25, 0.3) is 0 Å². The predicted molar refractivity (Wildman–Crippen MR) is 91.7 cm³/mol. The Kier molecular flexibility index (Phi) is 5.68. The smallest absolute Gasteiger partial charge is 0.239 e. The first-order chi connectivity index (χ1) is 12.6. The Balaban J connectivity index is 1.62. The summed E-state index contributed by atoms with van der Waals surface area (Å²) in [5.74, 6) is -0.276. The van der Waals surface area contributed by atoms with E-state index in [1.165, 1.54) is 18.4 Å². The van der Waals surface area contributed by atoms with Gasteiger partial charge in [-0.3, -0.25) is 9.59 Å². The van der Waals surface area contributed by atoms with Gasteiger partial charge in [0, 0.05) is 13.2 Å². The molecule has 0 saturated carbocycles. The van der Waals surface area contributed by atoms with E-state index in [4.69, 9.17) is 9.15 Å². The molecule has 0 atom stereocenters. The van der Waals surface area contributed by atoms with Crippen LogP contribution in [0.4, 0.5) is 4.39 Å². The highest BCUT2D eigenvalue weighted by atomic mass is 19.1. The van der Waals surface area contributed by atoms with E-state index in [1.54, 1.807) is 24.3 Å². The third-order valence-corrected chi connectivity index (χ3v) is 4.63. The number of hydrogen-bond donors (Lipinski definition) is 2. The lowest BCUT2D eigenvalue weighted by atomic mass is 9.73. The van der Waals surface area contributed by atoms with Gasteiger partial charge < -0.3 is 19.8 Å². The second kappa shape index (κ2) is 8.14. The van der Waals surface area contributed by atoms with Gasteiger partial charge in [-0.25, -0.2) is 4.39 Å². The largest absolute Gasteiger partial charge is 0.467 e. The van der Waals surface area contributed by atoms with Crippen molar-refractivity contribution in [2.24, 2.45) is 0 Å². The summed E-state index contributed by atoms with van der Waals surface area (Å²) in [4.78, 5) is 24.9. The standard InChI is InChI=1S/C19H21FN2O4/c20-15-5-3-14(4-6-15)19(7-10-25-11-8-19)18(24)22-13-17(23)21-12-16-2-1-9-26-16/h1-6,9H,7-8,10-13H2,(H,21,23)(H,22,24). The van der Waals surface area contributed by atoms with Crippen LogP contribution in [0.15, 0.2) is 47.1 Å². The average molecular weight is 360 g/mol. The summed E-state index contributed by atoms with van der Waals surface area (Å²) in [6.45, 7) is 1.01. The number of ether oxygens (including phenoxy) is 1. The van der Waals surface area contributed by atoms with Crippen LogP contribution in [-0.2, 0) is 26.3 Å². The van der Waals surface area contributed by atoms with Crippen LogP contribution in [0, 0.1) is 5.82 Å². The third kappa shape index (κ3) is 4.11. The minimum atomic E-state index is -0.812. The van der Waals surface area contributed by atoms with Gasteiger partial charge in [-0.05, 0) is 42.7 Å². The number of amides is 2. The second-order valence-electron chi connectivity index (χ2n) is 6.24. The lowest BCUT2D eigenvalue weighted by Gasteiger charge is -2.36. The third-order valence-electron chi connectivity index (χ3n) is 4.63. The fraction of sp³-hybridized carbons (Fsp3) is 0.368. The summed E-state index contributed by atoms with van der Waals surface area (Å²) in [7, 11) is 0. The average Bonchev–Trinajstić information content (AvgIpc) is 3.19. The number of carbonyl (C=O) groups is 2. The number of rotatable bonds is 6.